The van der Waals surface area contributed by atoms with E-state index < -0.39 is 5.91 Å². The van der Waals surface area contributed by atoms with E-state index in [-0.39, 0.29) is 28.4 Å². The minimum Gasteiger partial charge on any atom is -0.322 e. The zero-order chi connectivity index (χ0) is 20.5. The van der Waals surface area contributed by atoms with E-state index in [1.807, 2.05) is 0 Å². The Balaban J connectivity index is 1.66. The highest BCUT2D eigenvalue weighted by Gasteiger charge is 2.31. The first-order chi connectivity index (χ1) is 14.0. The number of carbonyl (C=O) groups is 3. The number of amides is 1. The summed E-state index contributed by atoms with van der Waals surface area (Å²) in [6, 6.07) is 16.5. The van der Waals surface area contributed by atoms with E-state index in [2.05, 4.69) is 5.32 Å². The molecule has 29 heavy (non-hydrogen) atoms. The van der Waals surface area contributed by atoms with Crippen molar-refractivity contribution in [3.63, 3.8) is 0 Å². The zero-order valence-corrected chi connectivity index (χ0v) is 16.4. The molecule has 0 aromatic heterocycles. The van der Waals surface area contributed by atoms with Crippen molar-refractivity contribution in [1.29, 1.82) is 0 Å². The van der Waals surface area contributed by atoms with Crippen LogP contribution in [0, 0.1) is 0 Å². The molecule has 0 fully saturated rings. The molecule has 3 aromatic rings. The smallest absolute Gasteiger partial charge is 0.248 e. The van der Waals surface area contributed by atoms with E-state index in [0.29, 0.717) is 26.7 Å². The molecule has 1 aliphatic rings. The lowest BCUT2D eigenvalue weighted by Crippen LogP contribution is -2.23. The Morgan fingerprint density at radius 3 is 2.03 bits per heavy atom. The molecule has 142 valence electrons. The maximum Gasteiger partial charge on any atom is 0.248 e. The van der Waals surface area contributed by atoms with Gasteiger partial charge in [0.15, 0.2) is 11.6 Å². The van der Waals surface area contributed by atoms with Crippen LogP contribution in [0.2, 0.25) is 10.0 Å². The summed E-state index contributed by atoms with van der Waals surface area (Å²) >= 11 is 12.2. The van der Waals surface area contributed by atoms with E-state index in [9.17, 15) is 14.4 Å². The standard InChI is InChI=1S/C23H13Cl2NO3/c24-17-8-4-9-18(25)15(17)11-12-20(27)26-19-10-3-7-16-21(19)23(29)14-6-2-1-5-13(14)22(16)28/h1-12H,(H,26,27). The zero-order valence-electron chi connectivity index (χ0n) is 14.9. The number of nitrogens with one attached hydrogen (secondary N) is 1. The minimum atomic E-state index is -0.478. The van der Waals surface area contributed by atoms with E-state index in [4.69, 9.17) is 23.2 Å². The van der Waals surface area contributed by atoms with Crippen molar-refractivity contribution in [3.8, 4) is 0 Å². The van der Waals surface area contributed by atoms with E-state index in [0.717, 1.165) is 0 Å². The summed E-state index contributed by atoms with van der Waals surface area (Å²) in [7, 11) is 0. The molecule has 1 aliphatic carbocycles. The van der Waals surface area contributed by atoms with Crippen LogP contribution in [0.1, 0.15) is 37.4 Å². The Bertz CT molecular complexity index is 1190. The summed E-state index contributed by atoms with van der Waals surface area (Å²) in [4.78, 5) is 38.2. The number of halogens is 2. The molecule has 6 heteroatoms. The molecular weight excluding hydrogens is 409 g/mol. The fourth-order valence-electron chi connectivity index (χ4n) is 3.25. The van der Waals surface area contributed by atoms with Gasteiger partial charge < -0.3 is 5.32 Å². The number of carbonyl (C=O) groups excluding carboxylic acids is 3. The number of anilines is 1. The SMILES string of the molecule is O=C(C=Cc1c(Cl)cccc1Cl)Nc1cccc2c1C(=O)c1ccccc1C2=O. The van der Waals surface area contributed by atoms with Gasteiger partial charge in [-0.15, -0.1) is 0 Å². The third-order valence-electron chi connectivity index (χ3n) is 4.61. The highest BCUT2D eigenvalue weighted by molar-refractivity contribution is 6.37. The van der Waals surface area contributed by atoms with Gasteiger partial charge in [0.25, 0.3) is 0 Å². The summed E-state index contributed by atoms with van der Waals surface area (Å²) in [5, 5.41) is 3.50. The van der Waals surface area contributed by atoms with Gasteiger partial charge in [-0.3, -0.25) is 14.4 Å². The first-order valence-electron chi connectivity index (χ1n) is 8.72. The second-order valence-corrected chi connectivity index (χ2v) is 7.20. The normalized spacial score (nSPS) is 12.6. The lowest BCUT2D eigenvalue weighted by molar-refractivity contribution is -0.111. The Morgan fingerprint density at radius 2 is 1.34 bits per heavy atom. The summed E-state index contributed by atoms with van der Waals surface area (Å²) in [5.41, 5.74) is 1.93. The third-order valence-corrected chi connectivity index (χ3v) is 5.27. The number of fused-ring (bicyclic) bond motifs is 2. The van der Waals surface area contributed by atoms with Gasteiger partial charge in [-0.1, -0.05) is 65.7 Å². The van der Waals surface area contributed by atoms with Crippen molar-refractivity contribution in [1.82, 2.24) is 0 Å². The molecule has 0 atom stereocenters. The van der Waals surface area contributed by atoms with E-state index >= 15 is 0 Å². The van der Waals surface area contributed by atoms with Crippen LogP contribution in [0.15, 0.2) is 66.7 Å². The topological polar surface area (TPSA) is 63.2 Å². The van der Waals surface area contributed by atoms with Crippen LogP contribution < -0.4 is 5.32 Å². The second kappa shape index (κ2) is 7.66. The van der Waals surface area contributed by atoms with Gasteiger partial charge in [-0.25, -0.2) is 0 Å². The molecule has 0 aliphatic heterocycles. The third kappa shape index (κ3) is 3.48. The minimum absolute atomic E-state index is 0.189. The quantitative estimate of drug-likeness (QED) is 0.449. The van der Waals surface area contributed by atoms with Crippen LogP contribution in [-0.4, -0.2) is 17.5 Å². The van der Waals surface area contributed by atoms with Crippen molar-refractivity contribution in [3.05, 3.63) is 105 Å². The van der Waals surface area contributed by atoms with Crippen LogP contribution in [0.5, 0.6) is 0 Å². The fraction of sp³-hybridized carbons (Fsp3) is 0. The first kappa shape index (κ1) is 19.1. The molecule has 0 heterocycles. The van der Waals surface area contributed by atoms with Crippen LogP contribution in [0.4, 0.5) is 5.69 Å². The molecule has 1 amide bonds. The Morgan fingerprint density at radius 1 is 0.759 bits per heavy atom. The van der Waals surface area contributed by atoms with Gasteiger partial charge in [-0.05, 0) is 24.3 Å². The Hall–Kier alpha value is -3.21. The number of rotatable bonds is 3. The number of hydrogen-bond acceptors (Lipinski definition) is 3. The van der Waals surface area contributed by atoms with Gasteiger partial charge in [0.05, 0.1) is 11.3 Å². The number of benzene rings is 3. The summed E-state index contributed by atoms with van der Waals surface area (Å²) in [5.74, 6) is -1.03. The van der Waals surface area contributed by atoms with Crippen LogP contribution >= 0.6 is 23.2 Å². The van der Waals surface area contributed by atoms with Crippen LogP contribution in [0.3, 0.4) is 0 Å². The molecular formula is C23H13Cl2NO3. The van der Waals surface area contributed by atoms with Gasteiger partial charge in [0.2, 0.25) is 5.91 Å². The molecule has 0 bridgehead atoms. The highest BCUT2D eigenvalue weighted by Crippen LogP contribution is 2.32. The predicted octanol–water partition coefficient (Wildman–Crippen LogP) is 5.42. The van der Waals surface area contributed by atoms with Crippen molar-refractivity contribution in [2.45, 2.75) is 0 Å². The van der Waals surface area contributed by atoms with E-state index in [1.54, 1.807) is 60.7 Å². The van der Waals surface area contributed by atoms with Crippen LogP contribution in [-0.2, 0) is 4.79 Å². The van der Waals surface area contributed by atoms with Gasteiger partial charge in [0.1, 0.15) is 0 Å². The molecule has 0 saturated heterocycles. The average Bonchev–Trinajstić information content (AvgIpc) is 2.71. The molecule has 0 spiro atoms. The molecule has 0 radical (unpaired) electrons. The Labute approximate surface area is 176 Å². The maximum atomic E-state index is 13.0. The van der Waals surface area contributed by atoms with E-state index in [1.165, 1.54) is 12.2 Å². The monoisotopic (exact) mass is 421 g/mol. The lowest BCUT2D eigenvalue weighted by Gasteiger charge is -2.20. The molecule has 0 unspecified atom stereocenters. The molecule has 4 rings (SSSR count). The second-order valence-electron chi connectivity index (χ2n) is 6.39. The van der Waals surface area contributed by atoms with Gasteiger partial charge >= 0.3 is 0 Å². The summed E-state index contributed by atoms with van der Waals surface area (Å²) in [6.45, 7) is 0. The number of ketones is 2. The van der Waals surface area contributed by atoms with Crippen molar-refractivity contribution in [2.24, 2.45) is 0 Å². The highest BCUT2D eigenvalue weighted by atomic mass is 35.5. The van der Waals surface area contributed by atoms with Gasteiger partial charge in [0, 0.05) is 38.4 Å². The Kier molecular flexibility index (Phi) is 5.05. The largest absolute Gasteiger partial charge is 0.322 e. The van der Waals surface area contributed by atoms with Crippen LogP contribution in [0.25, 0.3) is 6.08 Å². The lowest BCUT2D eigenvalue weighted by atomic mass is 9.83. The number of hydrogen-bond donors (Lipinski definition) is 1. The molecule has 0 saturated carbocycles. The summed E-state index contributed by atoms with van der Waals surface area (Å²) in [6.07, 6.45) is 2.77. The fourth-order valence-corrected chi connectivity index (χ4v) is 3.78. The predicted molar refractivity (Wildman–Crippen MR) is 114 cm³/mol. The molecule has 3 aromatic carbocycles. The first-order valence-corrected chi connectivity index (χ1v) is 9.47. The maximum absolute atomic E-state index is 13.0. The molecule has 4 nitrogen and oxygen atoms in total. The average molecular weight is 422 g/mol. The van der Waals surface area contributed by atoms with Crippen molar-refractivity contribution < 1.29 is 14.4 Å². The van der Waals surface area contributed by atoms with Gasteiger partial charge in [-0.2, -0.15) is 0 Å². The van der Waals surface area contributed by atoms with Crippen molar-refractivity contribution >= 4 is 52.4 Å². The van der Waals surface area contributed by atoms with Crippen molar-refractivity contribution in [2.75, 3.05) is 5.32 Å². The summed E-state index contributed by atoms with van der Waals surface area (Å²) < 4.78 is 0. The molecule has 1 N–H and O–H groups in total.